The van der Waals surface area contributed by atoms with Crippen molar-refractivity contribution >= 4 is 11.9 Å². The second-order valence-electron chi connectivity index (χ2n) is 5.36. The number of hydrogen-bond acceptors (Lipinski definition) is 7. The molecule has 7 nitrogen and oxygen atoms in total. The molecule has 1 fully saturated rings. The topological polar surface area (TPSA) is 66.4 Å². The molecule has 118 valence electrons. The van der Waals surface area contributed by atoms with Crippen molar-refractivity contribution in [2.24, 2.45) is 0 Å². The van der Waals surface area contributed by atoms with Gasteiger partial charge in [-0.05, 0) is 27.3 Å². The van der Waals surface area contributed by atoms with Crippen molar-refractivity contribution in [1.82, 2.24) is 19.9 Å². The molecule has 0 aromatic carbocycles. The molecular formula is C14H26N6O. The van der Waals surface area contributed by atoms with Crippen LogP contribution >= 0.6 is 0 Å². The second-order valence-corrected chi connectivity index (χ2v) is 5.36. The number of nitrogens with one attached hydrogen (secondary N) is 1. The summed E-state index contributed by atoms with van der Waals surface area (Å²) >= 11 is 0. The number of likely N-dealkylation sites (N-methyl/N-ethyl adjacent to an activating group) is 1. The van der Waals surface area contributed by atoms with Crippen LogP contribution in [0.3, 0.4) is 0 Å². The van der Waals surface area contributed by atoms with Crippen molar-refractivity contribution in [3.05, 3.63) is 0 Å². The molecule has 2 heterocycles. The van der Waals surface area contributed by atoms with Gasteiger partial charge in [0.25, 0.3) is 0 Å². The molecule has 0 saturated carbocycles. The number of ether oxygens (including phenoxy) is 1. The van der Waals surface area contributed by atoms with Gasteiger partial charge in [0.15, 0.2) is 0 Å². The third-order valence-corrected chi connectivity index (χ3v) is 3.38. The van der Waals surface area contributed by atoms with Crippen LogP contribution in [0.1, 0.15) is 27.7 Å². The highest BCUT2D eigenvalue weighted by molar-refractivity contribution is 5.38. The van der Waals surface area contributed by atoms with E-state index in [0.29, 0.717) is 17.9 Å². The molecule has 1 aliphatic rings. The Morgan fingerprint density at radius 2 is 1.81 bits per heavy atom. The van der Waals surface area contributed by atoms with Gasteiger partial charge in [0.05, 0.1) is 6.10 Å². The zero-order chi connectivity index (χ0) is 15.2. The van der Waals surface area contributed by atoms with E-state index in [2.05, 4.69) is 37.0 Å². The Morgan fingerprint density at radius 3 is 2.38 bits per heavy atom. The summed E-state index contributed by atoms with van der Waals surface area (Å²) in [4.78, 5) is 17.9. The highest BCUT2D eigenvalue weighted by Crippen LogP contribution is 2.17. The predicted molar refractivity (Wildman–Crippen MR) is 84.1 cm³/mol. The number of anilines is 2. The maximum Gasteiger partial charge on any atom is 0.323 e. The maximum atomic E-state index is 5.64. The van der Waals surface area contributed by atoms with E-state index < -0.39 is 0 Å². The monoisotopic (exact) mass is 294 g/mol. The fraction of sp³-hybridized carbons (Fsp3) is 0.786. The molecule has 0 atom stereocenters. The summed E-state index contributed by atoms with van der Waals surface area (Å²) in [6, 6.07) is 0.392. The summed E-state index contributed by atoms with van der Waals surface area (Å²) < 4.78 is 5.64. The molecule has 0 radical (unpaired) electrons. The third kappa shape index (κ3) is 4.42. The lowest BCUT2D eigenvalue weighted by atomic mass is 10.3. The SMILES string of the molecule is CCNc1nc(OC(C)C)nc(N2CCN(CC)CC2)n1. The van der Waals surface area contributed by atoms with Crippen molar-refractivity contribution in [3.63, 3.8) is 0 Å². The van der Waals surface area contributed by atoms with Crippen LogP contribution in [0.25, 0.3) is 0 Å². The van der Waals surface area contributed by atoms with E-state index in [1.54, 1.807) is 0 Å². The number of hydrogen-bond donors (Lipinski definition) is 1. The molecule has 0 unspecified atom stereocenters. The molecule has 1 N–H and O–H groups in total. The van der Waals surface area contributed by atoms with Crippen LogP contribution in [-0.2, 0) is 0 Å². The van der Waals surface area contributed by atoms with E-state index in [9.17, 15) is 0 Å². The number of aromatic nitrogens is 3. The van der Waals surface area contributed by atoms with Crippen LogP contribution in [0, 0.1) is 0 Å². The van der Waals surface area contributed by atoms with Crippen molar-refractivity contribution in [3.8, 4) is 6.01 Å². The standard InChI is InChI=1S/C14H26N6O/c1-5-15-12-16-13(18-14(17-12)21-11(3)4)20-9-7-19(6-2)8-10-20/h11H,5-10H2,1-4H3,(H,15,16,17,18). The zero-order valence-electron chi connectivity index (χ0n) is 13.5. The van der Waals surface area contributed by atoms with Crippen molar-refractivity contribution in [2.45, 2.75) is 33.8 Å². The summed E-state index contributed by atoms with van der Waals surface area (Å²) in [7, 11) is 0. The van der Waals surface area contributed by atoms with Gasteiger partial charge in [0.2, 0.25) is 11.9 Å². The Morgan fingerprint density at radius 1 is 1.10 bits per heavy atom. The van der Waals surface area contributed by atoms with E-state index in [-0.39, 0.29) is 6.10 Å². The number of rotatable bonds is 6. The molecule has 21 heavy (non-hydrogen) atoms. The van der Waals surface area contributed by atoms with Gasteiger partial charge in [-0.15, -0.1) is 0 Å². The van der Waals surface area contributed by atoms with Gasteiger partial charge in [0.1, 0.15) is 0 Å². The minimum Gasteiger partial charge on any atom is -0.461 e. The quantitative estimate of drug-likeness (QED) is 0.846. The van der Waals surface area contributed by atoms with Crippen LogP contribution in [0.2, 0.25) is 0 Å². The zero-order valence-corrected chi connectivity index (χ0v) is 13.5. The van der Waals surface area contributed by atoms with Crippen LogP contribution in [-0.4, -0.2) is 65.2 Å². The lowest BCUT2D eigenvalue weighted by molar-refractivity contribution is 0.221. The Bertz CT molecular complexity index is 445. The summed E-state index contributed by atoms with van der Waals surface area (Å²) in [6.45, 7) is 14.0. The molecule has 1 saturated heterocycles. The fourth-order valence-corrected chi connectivity index (χ4v) is 2.25. The van der Waals surface area contributed by atoms with E-state index in [1.165, 1.54) is 0 Å². The predicted octanol–water partition coefficient (Wildman–Crippen LogP) is 1.23. The molecule has 0 bridgehead atoms. The third-order valence-electron chi connectivity index (χ3n) is 3.38. The Labute approximate surface area is 126 Å². The van der Waals surface area contributed by atoms with Gasteiger partial charge in [-0.1, -0.05) is 6.92 Å². The summed E-state index contributed by atoms with van der Waals surface area (Å²) in [5.74, 6) is 1.28. The maximum absolute atomic E-state index is 5.64. The molecule has 1 aromatic heterocycles. The average molecular weight is 294 g/mol. The Kier molecular flexibility index (Phi) is 5.55. The van der Waals surface area contributed by atoms with Gasteiger partial charge < -0.3 is 19.9 Å². The minimum absolute atomic E-state index is 0.0478. The average Bonchev–Trinajstić information content (AvgIpc) is 2.47. The number of piperazine rings is 1. The normalized spacial score (nSPS) is 16.3. The van der Waals surface area contributed by atoms with Crippen molar-refractivity contribution in [1.29, 1.82) is 0 Å². The van der Waals surface area contributed by atoms with E-state index in [4.69, 9.17) is 4.74 Å². The fourth-order valence-electron chi connectivity index (χ4n) is 2.25. The Hall–Kier alpha value is -1.63. The van der Waals surface area contributed by atoms with Gasteiger partial charge in [0, 0.05) is 32.7 Å². The van der Waals surface area contributed by atoms with Gasteiger partial charge >= 0.3 is 6.01 Å². The molecule has 0 amide bonds. The highest BCUT2D eigenvalue weighted by Gasteiger charge is 2.20. The van der Waals surface area contributed by atoms with Gasteiger partial charge in [-0.3, -0.25) is 0 Å². The first-order valence-corrected chi connectivity index (χ1v) is 7.76. The summed E-state index contributed by atoms with van der Waals surface area (Å²) in [5.41, 5.74) is 0. The summed E-state index contributed by atoms with van der Waals surface area (Å²) in [5, 5.41) is 3.14. The van der Waals surface area contributed by atoms with E-state index in [0.717, 1.165) is 39.3 Å². The largest absolute Gasteiger partial charge is 0.461 e. The van der Waals surface area contributed by atoms with E-state index >= 15 is 0 Å². The van der Waals surface area contributed by atoms with Crippen LogP contribution in [0.5, 0.6) is 6.01 Å². The van der Waals surface area contributed by atoms with Crippen molar-refractivity contribution in [2.75, 3.05) is 49.5 Å². The van der Waals surface area contributed by atoms with Crippen LogP contribution < -0.4 is 15.0 Å². The Balaban J connectivity index is 2.15. The molecule has 2 rings (SSSR count). The highest BCUT2D eigenvalue weighted by atomic mass is 16.5. The number of nitrogens with zero attached hydrogens (tertiary/aromatic N) is 5. The van der Waals surface area contributed by atoms with Crippen LogP contribution in [0.15, 0.2) is 0 Å². The van der Waals surface area contributed by atoms with E-state index in [1.807, 2.05) is 20.8 Å². The first-order valence-electron chi connectivity index (χ1n) is 7.76. The second kappa shape index (κ2) is 7.40. The summed E-state index contributed by atoms with van der Waals surface area (Å²) in [6.07, 6.45) is 0.0478. The molecular weight excluding hydrogens is 268 g/mol. The lowest BCUT2D eigenvalue weighted by Gasteiger charge is -2.34. The van der Waals surface area contributed by atoms with Gasteiger partial charge in [-0.25, -0.2) is 0 Å². The van der Waals surface area contributed by atoms with Gasteiger partial charge in [-0.2, -0.15) is 15.0 Å². The first kappa shape index (κ1) is 15.8. The molecule has 0 spiro atoms. The molecule has 0 aliphatic carbocycles. The molecule has 7 heteroatoms. The smallest absolute Gasteiger partial charge is 0.323 e. The van der Waals surface area contributed by atoms with Crippen LogP contribution in [0.4, 0.5) is 11.9 Å². The molecule has 1 aliphatic heterocycles. The molecule has 1 aromatic rings. The minimum atomic E-state index is 0.0478. The first-order chi connectivity index (χ1) is 10.1. The lowest BCUT2D eigenvalue weighted by Crippen LogP contribution is -2.46. The van der Waals surface area contributed by atoms with Crippen molar-refractivity contribution < 1.29 is 4.74 Å².